The Hall–Kier alpha value is -0.0569. The molecule has 0 spiro atoms. The molecule has 0 amide bonds. The van der Waals surface area contributed by atoms with Crippen molar-refractivity contribution in [1.29, 1.82) is 0 Å². The molecular formula is C38H74O5Zr. The summed E-state index contributed by atoms with van der Waals surface area (Å²) in [6, 6.07) is 0. The van der Waals surface area contributed by atoms with Gasteiger partial charge >= 0.3 is 27.5 Å². The Labute approximate surface area is 289 Å². The average Bonchev–Trinajstić information content (AvgIpc) is 3.01. The second-order valence-corrected chi connectivity index (χ2v) is 14.2. The molecule has 6 heteroatoms. The van der Waals surface area contributed by atoms with Crippen LogP contribution in [0.2, 0.25) is 0 Å². The van der Waals surface area contributed by atoms with Gasteiger partial charge in [-0.3, -0.25) is 9.59 Å². The van der Waals surface area contributed by atoms with Gasteiger partial charge in [-0.2, -0.15) is 0 Å². The van der Waals surface area contributed by atoms with Crippen LogP contribution in [0.4, 0.5) is 0 Å². The molecule has 0 aliphatic rings. The van der Waals surface area contributed by atoms with Crippen LogP contribution in [0, 0.1) is 11.8 Å². The standard InChI is InChI=1S/C38H74O4.O.Zr/c1-34(2)29-25-21-17-13-9-5-7-11-15-19-23-27-31-36(40)38(42,33-39)37(41)32-28-24-20-16-12-8-6-10-14-18-22-26-30-35(3)4;;/h34-35,39,42H,5-33H2,1-4H3;;. The molecule has 0 aromatic heterocycles. The molecule has 0 saturated carbocycles. The van der Waals surface area contributed by atoms with Crippen molar-refractivity contribution in [2.24, 2.45) is 11.8 Å². The Morgan fingerprint density at radius 3 is 0.864 bits per heavy atom. The molecule has 0 rings (SSSR count). The molecule has 0 fully saturated rings. The third kappa shape index (κ3) is 29.4. The number of Topliss-reactive ketones (excluding diaryl/α,β-unsaturated/α-hetero) is 2. The number of aliphatic hydroxyl groups is 2. The van der Waals surface area contributed by atoms with E-state index in [9.17, 15) is 19.8 Å². The van der Waals surface area contributed by atoms with E-state index in [1.165, 1.54) is 128 Å². The minimum atomic E-state index is -2.19. The van der Waals surface area contributed by atoms with Crippen LogP contribution >= 0.6 is 0 Å². The van der Waals surface area contributed by atoms with Crippen molar-refractivity contribution in [1.82, 2.24) is 0 Å². The molecule has 0 radical (unpaired) electrons. The van der Waals surface area contributed by atoms with E-state index in [2.05, 4.69) is 27.7 Å². The molecule has 0 aromatic carbocycles. The molecule has 0 heterocycles. The molecule has 2 N–H and O–H groups in total. The van der Waals surface area contributed by atoms with Gasteiger partial charge in [0.05, 0.1) is 6.61 Å². The zero-order valence-corrected chi connectivity index (χ0v) is 32.2. The Balaban J connectivity index is 0. The van der Waals surface area contributed by atoms with Gasteiger partial charge in [-0.05, 0) is 24.7 Å². The molecule has 0 aromatic rings. The third-order valence-corrected chi connectivity index (χ3v) is 9.02. The van der Waals surface area contributed by atoms with Crippen LogP contribution in [-0.4, -0.2) is 34.0 Å². The van der Waals surface area contributed by atoms with E-state index in [1.807, 2.05) is 0 Å². The first-order valence-electron chi connectivity index (χ1n) is 18.8. The summed E-state index contributed by atoms with van der Waals surface area (Å²) in [6.07, 6.45) is 32.3. The van der Waals surface area contributed by atoms with E-state index < -0.39 is 23.8 Å². The van der Waals surface area contributed by atoms with Crippen molar-refractivity contribution in [3.8, 4) is 0 Å². The first kappa shape index (κ1) is 46.1. The van der Waals surface area contributed by atoms with Gasteiger partial charge in [0.15, 0.2) is 11.6 Å². The summed E-state index contributed by atoms with van der Waals surface area (Å²) in [4.78, 5) is 25.2. The van der Waals surface area contributed by atoms with E-state index in [1.54, 1.807) is 0 Å². The molecule has 0 aliphatic carbocycles. The van der Waals surface area contributed by atoms with Crippen LogP contribution in [-0.2, 0) is 37.1 Å². The predicted molar refractivity (Wildman–Crippen MR) is 182 cm³/mol. The molecule has 0 bridgehead atoms. The number of hydrogen-bond acceptors (Lipinski definition) is 5. The van der Waals surface area contributed by atoms with Crippen LogP contribution in [0.1, 0.15) is 207 Å². The molecule has 0 aliphatic heterocycles. The van der Waals surface area contributed by atoms with Crippen molar-refractivity contribution >= 4 is 11.6 Å². The van der Waals surface area contributed by atoms with E-state index >= 15 is 0 Å². The maximum atomic E-state index is 12.6. The third-order valence-electron chi connectivity index (χ3n) is 9.02. The van der Waals surface area contributed by atoms with Gasteiger partial charge in [-0.25, -0.2) is 0 Å². The zero-order valence-electron chi connectivity index (χ0n) is 29.8. The van der Waals surface area contributed by atoms with Gasteiger partial charge in [0, 0.05) is 12.8 Å². The van der Waals surface area contributed by atoms with Crippen LogP contribution in [0.15, 0.2) is 0 Å². The fraction of sp³-hybridized carbons (Fsp3) is 0.947. The first-order valence-corrected chi connectivity index (χ1v) is 19.8. The van der Waals surface area contributed by atoms with Crippen LogP contribution < -0.4 is 0 Å². The summed E-state index contributed by atoms with van der Waals surface area (Å²) >= 11 is 0.300. The molecule has 260 valence electrons. The summed E-state index contributed by atoms with van der Waals surface area (Å²) < 4.78 is 8.34. The minimum absolute atomic E-state index is 0.178. The molecule has 5 nitrogen and oxygen atoms in total. The molecule has 0 atom stereocenters. The number of aliphatic hydroxyl groups excluding tert-OH is 1. The van der Waals surface area contributed by atoms with Crippen molar-refractivity contribution in [2.45, 2.75) is 213 Å². The number of carbonyl (C=O) groups excluding carboxylic acids is 2. The van der Waals surface area contributed by atoms with Crippen LogP contribution in [0.3, 0.4) is 0 Å². The Kier molecular flexibility index (Phi) is 35.9. The number of ketones is 2. The number of carbonyl (C=O) groups is 2. The van der Waals surface area contributed by atoms with Crippen molar-refractivity contribution in [3.63, 3.8) is 0 Å². The van der Waals surface area contributed by atoms with Crippen LogP contribution in [0.25, 0.3) is 0 Å². The zero-order chi connectivity index (χ0) is 33.3. The summed E-state index contributed by atoms with van der Waals surface area (Å²) in [5.74, 6) is 0.672. The van der Waals surface area contributed by atoms with Crippen molar-refractivity contribution in [3.05, 3.63) is 0 Å². The van der Waals surface area contributed by atoms with Crippen molar-refractivity contribution in [2.75, 3.05) is 6.61 Å². The normalized spacial score (nSPS) is 11.6. The van der Waals surface area contributed by atoms with Gasteiger partial charge in [0.25, 0.3) is 0 Å². The van der Waals surface area contributed by atoms with E-state index in [0.29, 0.717) is 37.6 Å². The summed E-state index contributed by atoms with van der Waals surface area (Å²) in [6.45, 7) is 8.42. The molecule has 44 heavy (non-hydrogen) atoms. The fourth-order valence-corrected chi connectivity index (χ4v) is 5.96. The van der Waals surface area contributed by atoms with Gasteiger partial charge in [-0.15, -0.1) is 0 Å². The van der Waals surface area contributed by atoms with Gasteiger partial charge in [-0.1, -0.05) is 182 Å². The molecule has 0 saturated heterocycles. The van der Waals surface area contributed by atoms with Gasteiger partial charge in [0.2, 0.25) is 5.60 Å². The first-order chi connectivity index (χ1) is 21.2. The predicted octanol–water partition coefficient (Wildman–Crippen LogP) is 11.0. The number of unbranched alkanes of at least 4 members (excludes halogenated alkanes) is 22. The van der Waals surface area contributed by atoms with Crippen LogP contribution in [0.5, 0.6) is 0 Å². The second-order valence-electron chi connectivity index (χ2n) is 14.2. The molecular weight excluding hydrogens is 628 g/mol. The topological polar surface area (TPSA) is 91.7 Å². The van der Waals surface area contributed by atoms with E-state index in [4.69, 9.17) is 2.81 Å². The average molecular weight is 702 g/mol. The molecule has 0 unspecified atom stereocenters. The number of hydrogen-bond donors (Lipinski definition) is 2. The Morgan fingerprint density at radius 1 is 0.455 bits per heavy atom. The SMILES string of the molecule is CC(C)CCCCCCCCCCCCCCC(=O)C(O)(CO)C(=O)CCCCCCCCCCCCCCC(C)C.[O]=[Zr]. The summed E-state index contributed by atoms with van der Waals surface area (Å²) in [5.41, 5.74) is -2.19. The van der Waals surface area contributed by atoms with E-state index in [0.717, 1.165) is 37.5 Å². The Morgan fingerprint density at radius 2 is 0.659 bits per heavy atom. The number of rotatable bonds is 33. The monoisotopic (exact) mass is 700 g/mol. The second kappa shape index (κ2) is 34.3. The van der Waals surface area contributed by atoms with Gasteiger partial charge < -0.3 is 10.2 Å². The Bertz CT molecular complexity index is 589. The van der Waals surface area contributed by atoms with Crippen molar-refractivity contribution < 1.29 is 47.3 Å². The summed E-state index contributed by atoms with van der Waals surface area (Å²) in [5, 5.41) is 20.3. The van der Waals surface area contributed by atoms with E-state index in [-0.39, 0.29) is 12.8 Å². The van der Waals surface area contributed by atoms with Gasteiger partial charge in [0.1, 0.15) is 0 Å². The quantitative estimate of drug-likeness (QED) is 0.0525. The summed E-state index contributed by atoms with van der Waals surface area (Å²) in [7, 11) is 0. The maximum absolute atomic E-state index is 12.6. The fourth-order valence-electron chi connectivity index (χ4n) is 5.96.